The van der Waals surface area contributed by atoms with Gasteiger partial charge in [0.05, 0.1) is 24.7 Å². The van der Waals surface area contributed by atoms with Crippen LogP contribution in [-0.2, 0) is 9.53 Å². The lowest BCUT2D eigenvalue weighted by molar-refractivity contribution is -0.384. The lowest BCUT2D eigenvalue weighted by atomic mass is 10.1. The normalized spacial score (nSPS) is 11.5. The van der Waals surface area contributed by atoms with E-state index < -0.39 is 4.92 Å². The summed E-state index contributed by atoms with van der Waals surface area (Å²) in [7, 11) is 1.45. The molecule has 0 N–H and O–H groups in total. The maximum absolute atomic E-state index is 11.6. The highest BCUT2D eigenvalue weighted by molar-refractivity contribution is 5.88. The Bertz CT molecular complexity index is 605. The molecule has 0 radical (unpaired) electrons. The molecule has 0 fully saturated rings. The fraction of sp³-hybridized carbons (Fsp3) is 0.312. The molecule has 1 rings (SSSR count). The van der Waals surface area contributed by atoms with Crippen molar-refractivity contribution in [3.8, 4) is 5.75 Å². The average molecular weight is 305 g/mol. The molecule has 0 amide bonds. The molecule has 0 bridgehead atoms. The van der Waals surface area contributed by atoms with Gasteiger partial charge in [-0.3, -0.25) is 10.1 Å². The SMILES string of the molecule is CCOC(=O)/C(=C/C=Cc1cc(OC)cc([N+](=O)[O-])c1)CC. The van der Waals surface area contributed by atoms with Crippen molar-refractivity contribution in [2.45, 2.75) is 20.3 Å². The zero-order valence-electron chi connectivity index (χ0n) is 12.9. The molecule has 0 saturated heterocycles. The summed E-state index contributed by atoms with van der Waals surface area (Å²) in [6, 6.07) is 4.46. The summed E-state index contributed by atoms with van der Waals surface area (Å²) in [6.45, 7) is 3.92. The number of rotatable bonds is 7. The molecule has 0 saturated carbocycles. The molecule has 0 atom stereocenters. The molecule has 22 heavy (non-hydrogen) atoms. The number of ether oxygens (including phenoxy) is 2. The molecular formula is C16H19NO5. The van der Waals surface area contributed by atoms with Crippen LogP contribution in [0.3, 0.4) is 0 Å². The fourth-order valence-electron chi connectivity index (χ4n) is 1.75. The number of hydrogen-bond donors (Lipinski definition) is 0. The fourth-order valence-corrected chi connectivity index (χ4v) is 1.75. The molecule has 6 nitrogen and oxygen atoms in total. The van der Waals surface area contributed by atoms with Crippen LogP contribution in [0.1, 0.15) is 25.8 Å². The Balaban J connectivity index is 2.99. The predicted octanol–water partition coefficient (Wildman–Crippen LogP) is 3.52. The van der Waals surface area contributed by atoms with Gasteiger partial charge in [-0.1, -0.05) is 25.2 Å². The minimum atomic E-state index is -0.480. The third kappa shape index (κ3) is 5.05. The van der Waals surface area contributed by atoms with Gasteiger partial charge in [-0.05, 0) is 25.0 Å². The molecule has 6 heteroatoms. The summed E-state index contributed by atoms with van der Waals surface area (Å²) in [4.78, 5) is 22.0. The molecule has 0 aromatic heterocycles. The van der Waals surface area contributed by atoms with Gasteiger partial charge < -0.3 is 9.47 Å². The van der Waals surface area contributed by atoms with Gasteiger partial charge in [0.2, 0.25) is 0 Å². The Morgan fingerprint density at radius 3 is 2.59 bits per heavy atom. The van der Waals surface area contributed by atoms with Gasteiger partial charge in [0, 0.05) is 11.6 Å². The van der Waals surface area contributed by atoms with Crippen LogP contribution in [0.25, 0.3) is 6.08 Å². The quantitative estimate of drug-likeness (QED) is 0.253. The highest BCUT2D eigenvalue weighted by Gasteiger charge is 2.09. The van der Waals surface area contributed by atoms with Crippen LogP contribution in [0, 0.1) is 10.1 Å². The van der Waals surface area contributed by atoms with Crippen molar-refractivity contribution in [2.24, 2.45) is 0 Å². The van der Waals surface area contributed by atoms with Crippen molar-refractivity contribution in [2.75, 3.05) is 13.7 Å². The number of hydrogen-bond acceptors (Lipinski definition) is 5. The van der Waals surface area contributed by atoms with Crippen molar-refractivity contribution in [3.63, 3.8) is 0 Å². The van der Waals surface area contributed by atoms with Gasteiger partial charge in [-0.2, -0.15) is 0 Å². The number of carbonyl (C=O) groups excluding carboxylic acids is 1. The molecular weight excluding hydrogens is 286 g/mol. The topological polar surface area (TPSA) is 78.7 Å². The Hall–Kier alpha value is -2.63. The monoisotopic (exact) mass is 305 g/mol. The van der Waals surface area contributed by atoms with Crippen LogP contribution in [0.2, 0.25) is 0 Å². The van der Waals surface area contributed by atoms with E-state index in [1.165, 1.54) is 19.2 Å². The summed E-state index contributed by atoms with van der Waals surface area (Å²) in [5.41, 5.74) is 1.10. The van der Waals surface area contributed by atoms with E-state index in [0.29, 0.717) is 29.9 Å². The van der Waals surface area contributed by atoms with Gasteiger partial charge in [0.1, 0.15) is 5.75 Å². The second kappa shape index (κ2) is 8.61. The molecule has 1 aromatic rings. The van der Waals surface area contributed by atoms with E-state index in [1.807, 2.05) is 6.92 Å². The van der Waals surface area contributed by atoms with Crippen molar-refractivity contribution in [1.82, 2.24) is 0 Å². The maximum atomic E-state index is 11.6. The van der Waals surface area contributed by atoms with E-state index >= 15 is 0 Å². The predicted molar refractivity (Wildman–Crippen MR) is 83.7 cm³/mol. The second-order valence-electron chi connectivity index (χ2n) is 4.35. The first kappa shape index (κ1) is 17.4. The van der Waals surface area contributed by atoms with E-state index in [2.05, 4.69) is 0 Å². The molecule has 0 aliphatic heterocycles. The third-order valence-electron chi connectivity index (χ3n) is 2.86. The number of nitro groups is 1. The van der Waals surface area contributed by atoms with Crippen LogP contribution < -0.4 is 4.74 Å². The molecule has 1 aromatic carbocycles. The van der Waals surface area contributed by atoms with Crippen LogP contribution in [0.5, 0.6) is 5.75 Å². The van der Waals surface area contributed by atoms with Gasteiger partial charge in [0.25, 0.3) is 5.69 Å². The van der Waals surface area contributed by atoms with Crippen LogP contribution in [0.4, 0.5) is 5.69 Å². The lowest BCUT2D eigenvalue weighted by Crippen LogP contribution is -2.06. The first-order chi connectivity index (χ1) is 10.5. The van der Waals surface area contributed by atoms with E-state index in [4.69, 9.17) is 9.47 Å². The Morgan fingerprint density at radius 1 is 1.32 bits per heavy atom. The summed E-state index contributed by atoms with van der Waals surface area (Å²) < 4.78 is 9.97. The van der Waals surface area contributed by atoms with E-state index in [-0.39, 0.29) is 11.7 Å². The maximum Gasteiger partial charge on any atom is 0.333 e. The van der Waals surface area contributed by atoms with Gasteiger partial charge in [0.15, 0.2) is 0 Å². The van der Waals surface area contributed by atoms with E-state index in [0.717, 1.165) is 0 Å². The summed E-state index contributed by atoms with van der Waals surface area (Å²) in [6.07, 6.45) is 5.52. The first-order valence-corrected chi connectivity index (χ1v) is 6.89. The van der Waals surface area contributed by atoms with Gasteiger partial charge >= 0.3 is 5.97 Å². The third-order valence-corrected chi connectivity index (χ3v) is 2.86. The van der Waals surface area contributed by atoms with Gasteiger partial charge in [-0.15, -0.1) is 0 Å². The first-order valence-electron chi connectivity index (χ1n) is 6.89. The lowest BCUT2D eigenvalue weighted by Gasteiger charge is -2.03. The minimum absolute atomic E-state index is 0.0518. The van der Waals surface area contributed by atoms with Crippen molar-refractivity contribution in [3.05, 3.63) is 51.6 Å². The van der Waals surface area contributed by atoms with Crippen LogP contribution in [0.15, 0.2) is 35.9 Å². The molecule has 0 aliphatic carbocycles. The minimum Gasteiger partial charge on any atom is -0.496 e. The molecule has 118 valence electrons. The zero-order valence-corrected chi connectivity index (χ0v) is 12.9. The largest absolute Gasteiger partial charge is 0.496 e. The number of benzene rings is 1. The zero-order chi connectivity index (χ0) is 16.5. The average Bonchev–Trinajstić information content (AvgIpc) is 2.51. The van der Waals surface area contributed by atoms with Crippen LogP contribution >= 0.6 is 0 Å². The number of nitrogens with zero attached hydrogens (tertiary/aromatic N) is 1. The summed E-state index contributed by atoms with van der Waals surface area (Å²) in [5, 5.41) is 10.9. The standard InChI is InChI=1S/C16H19NO5/c1-4-13(16(18)22-5-2)8-6-7-12-9-14(17(19)20)11-15(10-12)21-3/h6-11H,4-5H2,1-3H3/b7-6?,13-8+. The van der Waals surface area contributed by atoms with Crippen LogP contribution in [-0.4, -0.2) is 24.6 Å². The smallest absolute Gasteiger partial charge is 0.333 e. The highest BCUT2D eigenvalue weighted by atomic mass is 16.6. The highest BCUT2D eigenvalue weighted by Crippen LogP contribution is 2.23. The summed E-state index contributed by atoms with van der Waals surface area (Å²) >= 11 is 0. The number of non-ortho nitro benzene ring substituents is 1. The number of esters is 1. The molecule has 0 heterocycles. The Labute approximate surface area is 129 Å². The van der Waals surface area contributed by atoms with Gasteiger partial charge in [-0.25, -0.2) is 4.79 Å². The second-order valence-corrected chi connectivity index (χ2v) is 4.35. The van der Waals surface area contributed by atoms with E-state index in [9.17, 15) is 14.9 Å². The van der Waals surface area contributed by atoms with Crippen molar-refractivity contribution < 1.29 is 19.2 Å². The molecule has 0 aliphatic rings. The number of methoxy groups -OCH3 is 1. The van der Waals surface area contributed by atoms with Crippen molar-refractivity contribution in [1.29, 1.82) is 0 Å². The van der Waals surface area contributed by atoms with Crippen molar-refractivity contribution >= 4 is 17.7 Å². The molecule has 0 unspecified atom stereocenters. The number of carbonyl (C=O) groups is 1. The number of allylic oxidation sites excluding steroid dienone is 2. The molecule has 0 spiro atoms. The Kier molecular flexibility index (Phi) is 6.82. The van der Waals surface area contributed by atoms with E-state index in [1.54, 1.807) is 31.2 Å². The summed E-state index contributed by atoms with van der Waals surface area (Å²) in [5.74, 6) is 0.0465. The number of nitro benzene ring substituents is 1. The Morgan fingerprint density at radius 2 is 2.05 bits per heavy atom.